The Labute approximate surface area is 184 Å². The molecule has 1 aromatic carbocycles. The van der Waals surface area contributed by atoms with Crippen molar-refractivity contribution in [2.24, 2.45) is 23.7 Å². The van der Waals surface area contributed by atoms with Crippen molar-refractivity contribution in [3.63, 3.8) is 0 Å². The first-order valence-corrected chi connectivity index (χ1v) is 11.6. The van der Waals surface area contributed by atoms with Gasteiger partial charge < -0.3 is 4.57 Å². The Hall–Kier alpha value is -2.75. The van der Waals surface area contributed by atoms with Crippen LogP contribution in [0.2, 0.25) is 0 Å². The zero-order valence-electron chi connectivity index (χ0n) is 18.1. The number of fused-ring (bicyclic) bond motifs is 1. The van der Waals surface area contributed by atoms with E-state index in [1.165, 1.54) is 38.2 Å². The van der Waals surface area contributed by atoms with Gasteiger partial charge in [-0.1, -0.05) is 43.5 Å². The van der Waals surface area contributed by atoms with E-state index in [1.54, 1.807) is 12.1 Å². The molecule has 2 fully saturated rings. The summed E-state index contributed by atoms with van der Waals surface area (Å²) < 4.78 is 15.8. The van der Waals surface area contributed by atoms with Crippen molar-refractivity contribution in [3.8, 4) is 11.1 Å². The van der Waals surface area contributed by atoms with Gasteiger partial charge in [-0.2, -0.15) is 0 Å². The molecule has 0 bridgehead atoms. The lowest BCUT2D eigenvalue weighted by atomic mass is 9.77. The van der Waals surface area contributed by atoms with Crippen LogP contribution in [0.3, 0.4) is 0 Å². The summed E-state index contributed by atoms with van der Waals surface area (Å²) >= 11 is 0. The van der Waals surface area contributed by atoms with Gasteiger partial charge in [0.15, 0.2) is 0 Å². The number of nitrogens with zero attached hydrogens (tertiary/aromatic N) is 3. The molecular weight excluding hydrogens is 385 g/mol. The molecule has 0 unspecified atom stereocenters. The number of imidazole rings is 1. The summed E-state index contributed by atoms with van der Waals surface area (Å²) in [5, 5.41) is 0. The van der Waals surface area contributed by atoms with E-state index in [4.69, 9.17) is 0 Å². The number of aromatic nitrogens is 3. The lowest BCUT2D eigenvalue weighted by Gasteiger charge is -2.28. The molecule has 2 aliphatic rings. The van der Waals surface area contributed by atoms with E-state index in [0.717, 1.165) is 41.0 Å². The van der Waals surface area contributed by atoms with Crippen molar-refractivity contribution < 1.29 is 4.39 Å². The van der Waals surface area contributed by atoms with Gasteiger partial charge in [-0.15, -0.1) is 0 Å². The lowest BCUT2D eigenvalue weighted by molar-refractivity contribution is 0.245. The first kappa shape index (κ1) is 20.2. The van der Waals surface area contributed by atoms with Crippen LogP contribution in [0.5, 0.6) is 0 Å². The average molecular weight is 416 g/mol. The Balaban J connectivity index is 1.35. The van der Waals surface area contributed by atoms with Crippen LogP contribution in [0.1, 0.15) is 43.6 Å². The molecule has 0 N–H and O–H groups in total. The predicted octanol–water partition coefficient (Wildman–Crippen LogP) is 6.55. The number of benzene rings is 1. The molecule has 2 aliphatic carbocycles. The zero-order chi connectivity index (χ0) is 21.2. The molecule has 0 saturated heterocycles. The number of halogens is 1. The second-order valence-electron chi connectivity index (χ2n) is 9.25. The number of hydrogen-bond acceptors (Lipinski definition) is 2. The van der Waals surface area contributed by atoms with Crippen molar-refractivity contribution >= 4 is 6.08 Å². The number of pyridine rings is 1. The number of rotatable bonds is 5. The van der Waals surface area contributed by atoms with Gasteiger partial charge in [-0.3, -0.25) is 4.98 Å². The predicted molar refractivity (Wildman–Crippen MR) is 123 cm³/mol. The van der Waals surface area contributed by atoms with Gasteiger partial charge in [0.05, 0.1) is 5.69 Å². The van der Waals surface area contributed by atoms with Gasteiger partial charge >= 0.3 is 0 Å². The Kier molecular flexibility index (Phi) is 5.71. The summed E-state index contributed by atoms with van der Waals surface area (Å²) in [5.41, 5.74) is 2.77. The van der Waals surface area contributed by atoms with Crippen molar-refractivity contribution in [2.45, 2.75) is 45.6 Å². The van der Waals surface area contributed by atoms with Gasteiger partial charge in [0, 0.05) is 30.7 Å². The molecule has 3 aromatic rings. The van der Waals surface area contributed by atoms with Crippen LogP contribution in [0.4, 0.5) is 4.39 Å². The molecule has 0 radical (unpaired) electrons. The van der Waals surface area contributed by atoms with E-state index in [0.29, 0.717) is 11.8 Å². The van der Waals surface area contributed by atoms with Crippen molar-refractivity contribution in [1.82, 2.24) is 14.5 Å². The molecule has 2 heterocycles. The Morgan fingerprint density at radius 2 is 2.00 bits per heavy atom. The summed E-state index contributed by atoms with van der Waals surface area (Å²) in [5.74, 6) is 3.79. The molecule has 4 heteroatoms. The summed E-state index contributed by atoms with van der Waals surface area (Å²) in [6.07, 6.45) is 17.3. The maximum atomic E-state index is 13.5. The number of aryl methyl sites for hydroxylation is 1. The molecule has 5 rings (SSSR count). The quantitative estimate of drug-likeness (QED) is 0.473. The van der Waals surface area contributed by atoms with Crippen molar-refractivity contribution in [3.05, 3.63) is 78.4 Å². The van der Waals surface area contributed by atoms with E-state index in [1.807, 2.05) is 30.6 Å². The van der Waals surface area contributed by atoms with E-state index in [-0.39, 0.29) is 5.82 Å². The van der Waals surface area contributed by atoms with Gasteiger partial charge in [0.2, 0.25) is 0 Å². The maximum absolute atomic E-state index is 13.5. The summed E-state index contributed by atoms with van der Waals surface area (Å²) in [4.78, 5) is 9.06. The SMILES string of the molecule is Cc1nccn1C[C@H]1C[C@H]2CCCC[C@H]2[C@@H]1C=Cc1ccc(-c2cccc(F)c2)cn1. The highest BCUT2D eigenvalue weighted by molar-refractivity contribution is 5.63. The van der Waals surface area contributed by atoms with Gasteiger partial charge in [0.1, 0.15) is 11.6 Å². The Morgan fingerprint density at radius 1 is 1.10 bits per heavy atom. The maximum Gasteiger partial charge on any atom is 0.123 e. The second-order valence-corrected chi connectivity index (χ2v) is 9.25. The zero-order valence-corrected chi connectivity index (χ0v) is 18.1. The summed E-state index contributed by atoms with van der Waals surface area (Å²) in [6.45, 7) is 3.15. The first-order chi connectivity index (χ1) is 15.2. The minimum absolute atomic E-state index is 0.219. The molecular formula is C27H30FN3. The molecule has 160 valence electrons. The number of hydrogen-bond donors (Lipinski definition) is 0. The van der Waals surface area contributed by atoms with Crippen LogP contribution in [0.15, 0.2) is 61.1 Å². The average Bonchev–Trinajstić information content (AvgIpc) is 3.35. The van der Waals surface area contributed by atoms with E-state index >= 15 is 0 Å². The molecule has 2 saturated carbocycles. The monoisotopic (exact) mass is 415 g/mol. The highest BCUT2D eigenvalue weighted by Crippen LogP contribution is 2.50. The fraction of sp³-hybridized carbons (Fsp3) is 0.407. The first-order valence-electron chi connectivity index (χ1n) is 11.6. The van der Waals surface area contributed by atoms with Crippen LogP contribution in [0.25, 0.3) is 17.2 Å². The van der Waals surface area contributed by atoms with Crippen LogP contribution in [-0.2, 0) is 6.54 Å². The lowest BCUT2D eigenvalue weighted by Crippen LogP contribution is -2.21. The third-order valence-electron chi connectivity index (χ3n) is 7.40. The minimum Gasteiger partial charge on any atom is -0.335 e. The third kappa shape index (κ3) is 4.34. The second kappa shape index (κ2) is 8.78. The summed E-state index contributed by atoms with van der Waals surface area (Å²) in [6, 6.07) is 10.7. The van der Waals surface area contributed by atoms with Gasteiger partial charge in [-0.25, -0.2) is 9.37 Å². The van der Waals surface area contributed by atoms with Gasteiger partial charge in [-0.05, 0) is 73.3 Å². The fourth-order valence-electron chi connectivity index (χ4n) is 5.83. The molecule has 4 atom stereocenters. The highest BCUT2D eigenvalue weighted by atomic mass is 19.1. The van der Waals surface area contributed by atoms with Crippen LogP contribution in [0, 0.1) is 36.4 Å². The normalized spacial score (nSPS) is 25.7. The molecule has 0 spiro atoms. The molecule has 0 amide bonds. The van der Waals surface area contributed by atoms with E-state index in [2.05, 4.69) is 39.8 Å². The van der Waals surface area contributed by atoms with Crippen LogP contribution < -0.4 is 0 Å². The standard InChI is InChI=1S/C27H30FN3/c1-19-29-13-14-31(19)18-23-15-21-5-2-3-8-26(21)27(23)12-11-25-10-9-22(17-30-25)20-6-4-7-24(28)16-20/h4,6-7,9-14,16-17,21,23,26-27H,2-3,5,8,15,18H2,1H3/t21-,23-,26-,27-/m1/s1. The fourth-order valence-corrected chi connectivity index (χ4v) is 5.83. The van der Waals surface area contributed by atoms with Crippen molar-refractivity contribution in [1.29, 1.82) is 0 Å². The van der Waals surface area contributed by atoms with Crippen LogP contribution in [-0.4, -0.2) is 14.5 Å². The summed E-state index contributed by atoms with van der Waals surface area (Å²) in [7, 11) is 0. The Bertz CT molecular complexity index is 1050. The molecule has 3 nitrogen and oxygen atoms in total. The largest absolute Gasteiger partial charge is 0.335 e. The smallest absolute Gasteiger partial charge is 0.123 e. The third-order valence-corrected chi connectivity index (χ3v) is 7.40. The van der Waals surface area contributed by atoms with E-state index < -0.39 is 0 Å². The molecule has 0 aliphatic heterocycles. The molecule has 31 heavy (non-hydrogen) atoms. The van der Waals surface area contributed by atoms with Gasteiger partial charge in [0.25, 0.3) is 0 Å². The number of allylic oxidation sites excluding steroid dienone is 1. The van der Waals surface area contributed by atoms with Crippen LogP contribution >= 0.6 is 0 Å². The Morgan fingerprint density at radius 3 is 2.77 bits per heavy atom. The highest BCUT2D eigenvalue weighted by Gasteiger charge is 2.42. The molecule has 2 aromatic heterocycles. The minimum atomic E-state index is -0.219. The van der Waals surface area contributed by atoms with E-state index in [9.17, 15) is 4.39 Å². The van der Waals surface area contributed by atoms with Crippen molar-refractivity contribution in [2.75, 3.05) is 0 Å². The topological polar surface area (TPSA) is 30.7 Å².